The number of nitrogens with zero attached hydrogens (tertiary/aromatic N) is 2. The molecule has 1 heterocycles. The number of aromatic hydroxyl groups is 1. The van der Waals surface area contributed by atoms with E-state index in [1.807, 2.05) is 26.2 Å². The minimum Gasteiger partial charge on any atom is -0.507 e. The normalized spacial score (nSPS) is 15.7. The van der Waals surface area contributed by atoms with E-state index in [4.69, 9.17) is 0 Å². The Kier molecular flexibility index (Phi) is 4.56. The van der Waals surface area contributed by atoms with Crippen molar-refractivity contribution in [3.05, 3.63) is 42.1 Å². The van der Waals surface area contributed by atoms with Crippen molar-refractivity contribution in [2.75, 3.05) is 0 Å². The third-order valence-corrected chi connectivity index (χ3v) is 4.85. The summed E-state index contributed by atoms with van der Waals surface area (Å²) in [6.45, 7) is 6.01. The average molecular weight is 310 g/mol. The predicted molar refractivity (Wildman–Crippen MR) is 95.3 cm³/mol. The zero-order valence-corrected chi connectivity index (χ0v) is 14.2. The highest BCUT2D eigenvalue weighted by Crippen LogP contribution is 2.35. The van der Waals surface area contributed by atoms with E-state index in [9.17, 15) is 5.11 Å². The van der Waals surface area contributed by atoms with E-state index in [-0.39, 0.29) is 0 Å². The molecule has 1 saturated carbocycles. The van der Waals surface area contributed by atoms with Gasteiger partial charge in [0.05, 0.1) is 0 Å². The number of phenolic OH excluding ortho intramolecular Hbond substituents is 1. The first-order valence-corrected chi connectivity index (χ1v) is 8.56. The zero-order chi connectivity index (χ0) is 16.4. The van der Waals surface area contributed by atoms with Gasteiger partial charge in [0.1, 0.15) is 11.4 Å². The van der Waals surface area contributed by atoms with Gasteiger partial charge < -0.3 is 5.11 Å². The number of aryl methyl sites for hydroxylation is 1. The SMILES string of the molecule is C=C(C)c1cn(C)nc1-c1cc(CC2CCCCC2)ccc1O. The Hall–Kier alpha value is -2.03. The summed E-state index contributed by atoms with van der Waals surface area (Å²) in [6.07, 6.45) is 9.82. The molecule has 0 amide bonds. The second-order valence-corrected chi connectivity index (χ2v) is 6.91. The number of allylic oxidation sites excluding steroid dienone is 1. The summed E-state index contributed by atoms with van der Waals surface area (Å²) in [6, 6.07) is 5.97. The van der Waals surface area contributed by atoms with E-state index in [1.165, 1.54) is 37.7 Å². The second kappa shape index (κ2) is 6.61. The van der Waals surface area contributed by atoms with Crippen LogP contribution >= 0.6 is 0 Å². The van der Waals surface area contributed by atoms with Gasteiger partial charge in [0.15, 0.2) is 0 Å². The van der Waals surface area contributed by atoms with Crippen LogP contribution in [0.3, 0.4) is 0 Å². The minimum atomic E-state index is 0.290. The molecule has 0 radical (unpaired) electrons. The largest absolute Gasteiger partial charge is 0.507 e. The molecule has 1 aliphatic carbocycles. The summed E-state index contributed by atoms with van der Waals surface area (Å²) in [5.74, 6) is 1.07. The lowest BCUT2D eigenvalue weighted by Gasteiger charge is -2.21. The van der Waals surface area contributed by atoms with Gasteiger partial charge in [-0.05, 0) is 42.5 Å². The molecule has 1 aromatic heterocycles. The Morgan fingerprint density at radius 2 is 2.04 bits per heavy atom. The quantitative estimate of drug-likeness (QED) is 0.867. The number of rotatable bonds is 4. The molecule has 0 saturated heterocycles. The first-order valence-electron chi connectivity index (χ1n) is 8.56. The van der Waals surface area contributed by atoms with Crippen molar-refractivity contribution >= 4 is 5.57 Å². The molecule has 3 nitrogen and oxygen atoms in total. The van der Waals surface area contributed by atoms with Crippen molar-refractivity contribution in [2.24, 2.45) is 13.0 Å². The number of hydrogen-bond donors (Lipinski definition) is 1. The van der Waals surface area contributed by atoms with Gasteiger partial charge in [-0.1, -0.05) is 44.7 Å². The van der Waals surface area contributed by atoms with E-state index in [1.54, 1.807) is 4.68 Å². The Bertz CT molecular complexity index is 708. The topological polar surface area (TPSA) is 38.0 Å². The van der Waals surface area contributed by atoms with E-state index >= 15 is 0 Å². The summed E-state index contributed by atoms with van der Waals surface area (Å²) in [7, 11) is 1.90. The van der Waals surface area contributed by atoms with Crippen molar-refractivity contribution in [3.8, 4) is 17.0 Å². The monoisotopic (exact) mass is 310 g/mol. The molecule has 3 rings (SSSR count). The zero-order valence-electron chi connectivity index (χ0n) is 14.2. The molecule has 23 heavy (non-hydrogen) atoms. The molecule has 122 valence electrons. The van der Waals surface area contributed by atoms with Gasteiger partial charge in [0.2, 0.25) is 0 Å². The number of aromatic nitrogens is 2. The van der Waals surface area contributed by atoms with Crippen LogP contribution in [0.15, 0.2) is 31.0 Å². The Labute approximate surface area is 138 Å². The third-order valence-electron chi connectivity index (χ3n) is 4.85. The highest BCUT2D eigenvalue weighted by Gasteiger charge is 2.18. The van der Waals surface area contributed by atoms with Crippen LogP contribution in [0.5, 0.6) is 5.75 Å². The summed E-state index contributed by atoms with van der Waals surface area (Å²) in [4.78, 5) is 0. The predicted octanol–water partition coefficient (Wildman–Crippen LogP) is 4.95. The molecular weight excluding hydrogens is 284 g/mol. The van der Waals surface area contributed by atoms with Gasteiger partial charge in [0.25, 0.3) is 0 Å². The van der Waals surface area contributed by atoms with Crippen molar-refractivity contribution in [1.29, 1.82) is 0 Å². The molecule has 1 aliphatic rings. The Morgan fingerprint density at radius 3 is 2.74 bits per heavy atom. The molecule has 3 heteroatoms. The van der Waals surface area contributed by atoms with Crippen LogP contribution in [0.2, 0.25) is 0 Å². The van der Waals surface area contributed by atoms with Gasteiger partial charge in [-0.15, -0.1) is 0 Å². The van der Waals surface area contributed by atoms with Gasteiger partial charge in [-0.25, -0.2) is 0 Å². The molecule has 0 spiro atoms. The molecule has 0 unspecified atom stereocenters. The molecule has 0 atom stereocenters. The van der Waals surface area contributed by atoms with E-state index < -0.39 is 0 Å². The van der Waals surface area contributed by atoms with E-state index in [0.717, 1.165) is 34.7 Å². The standard InChI is InChI=1S/C20H26N2O/c1-14(2)18-13-22(3)21-20(18)17-12-16(9-10-19(17)23)11-15-7-5-4-6-8-15/h9-10,12-13,15,23H,1,4-8,11H2,2-3H3. The van der Waals surface area contributed by atoms with E-state index in [2.05, 4.69) is 23.8 Å². The molecule has 1 aromatic carbocycles. The molecule has 2 aromatic rings. The first-order chi connectivity index (χ1) is 11.0. The molecule has 1 N–H and O–H groups in total. The highest BCUT2D eigenvalue weighted by molar-refractivity contribution is 5.80. The van der Waals surface area contributed by atoms with Crippen LogP contribution < -0.4 is 0 Å². The van der Waals surface area contributed by atoms with Crippen molar-refractivity contribution < 1.29 is 5.11 Å². The number of hydrogen-bond acceptors (Lipinski definition) is 2. The molecular formula is C20H26N2O. The van der Waals surface area contributed by atoms with Crippen molar-refractivity contribution in [3.63, 3.8) is 0 Å². The maximum Gasteiger partial charge on any atom is 0.125 e. The highest BCUT2D eigenvalue weighted by atomic mass is 16.3. The second-order valence-electron chi connectivity index (χ2n) is 6.91. The fourth-order valence-electron chi connectivity index (χ4n) is 3.62. The number of benzene rings is 1. The molecule has 0 aliphatic heterocycles. The molecule has 1 fully saturated rings. The van der Waals surface area contributed by atoms with Crippen LogP contribution in [-0.4, -0.2) is 14.9 Å². The fraction of sp³-hybridized carbons (Fsp3) is 0.450. The minimum absolute atomic E-state index is 0.290. The lowest BCUT2D eigenvalue weighted by Crippen LogP contribution is -2.09. The van der Waals surface area contributed by atoms with Crippen LogP contribution in [0.4, 0.5) is 0 Å². The smallest absolute Gasteiger partial charge is 0.125 e. The van der Waals surface area contributed by atoms with Gasteiger partial charge >= 0.3 is 0 Å². The summed E-state index contributed by atoms with van der Waals surface area (Å²) in [5, 5.41) is 14.9. The van der Waals surface area contributed by atoms with Crippen molar-refractivity contribution in [2.45, 2.75) is 45.4 Å². The third kappa shape index (κ3) is 3.49. The number of phenols is 1. The van der Waals surface area contributed by atoms with Crippen LogP contribution in [0.25, 0.3) is 16.8 Å². The van der Waals surface area contributed by atoms with Crippen molar-refractivity contribution in [1.82, 2.24) is 9.78 Å². The molecule has 0 bridgehead atoms. The lowest BCUT2D eigenvalue weighted by atomic mass is 9.84. The van der Waals surface area contributed by atoms with Crippen LogP contribution in [0.1, 0.15) is 50.2 Å². The average Bonchev–Trinajstić information content (AvgIpc) is 2.92. The fourth-order valence-corrected chi connectivity index (χ4v) is 3.62. The van der Waals surface area contributed by atoms with Crippen LogP contribution in [0, 0.1) is 5.92 Å². The summed E-state index contributed by atoms with van der Waals surface area (Å²) < 4.78 is 1.78. The first kappa shape index (κ1) is 15.9. The lowest BCUT2D eigenvalue weighted by molar-refractivity contribution is 0.356. The van der Waals surface area contributed by atoms with Crippen LogP contribution in [-0.2, 0) is 13.5 Å². The summed E-state index contributed by atoms with van der Waals surface area (Å²) in [5.41, 5.74) is 4.89. The Morgan fingerprint density at radius 1 is 1.30 bits per heavy atom. The maximum absolute atomic E-state index is 10.3. The van der Waals surface area contributed by atoms with Gasteiger partial charge in [0, 0.05) is 24.4 Å². The van der Waals surface area contributed by atoms with E-state index in [0.29, 0.717) is 5.75 Å². The summed E-state index contributed by atoms with van der Waals surface area (Å²) >= 11 is 0. The maximum atomic E-state index is 10.3. The Balaban J connectivity index is 1.93. The van der Waals surface area contributed by atoms with Gasteiger partial charge in [-0.3, -0.25) is 4.68 Å². The van der Waals surface area contributed by atoms with Gasteiger partial charge in [-0.2, -0.15) is 5.10 Å².